The van der Waals surface area contributed by atoms with Gasteiger partial charge >= 0.3 is 0 Å². The van der Waals surface area contributed by atoms with Gasteiger partial charge in [-0.2, -0.15) is 0 Å². The van der Waals surface area contributed by atoms with E-state index in [2.05, 4.69) is 17.9 Å². The van der Waals surface area contributed by atoms with Crippen molar-refractivity contribution in [2.24, 2.45) is 0 Å². The number of aliphatic hydroxyl groups excluding tert-OH is 2. The Morgan fingerprint density at radius 3 is 2.12 bits per heavy atom. The molecule has 0 aromatic heterocycles. The van der Waals surface area contributed by atoms with Gasteiger partial charge in [-0.05, 0) is 0 Å². The second kappa shape index (κ2) is 16.4. The summed E-state index contributed by atoms with van der Waals surface area (Å²) in [5.41, 5.74) is 0. The second-order valence-electron chi connectivity index (χ2n) is 2.66. The first kappa shape index (κ1) is 17.4. The number of carbonyl (C=O) groups is 1. The molecule has 0 fully saturated rings. The van der Waals surface area contributed by atoms with Crippen LogP contribution in [-0.2, 0) is 14.3 Å². The normalized spacial score (nSPS) is 10.9. The highest BCUT2D eigenvalue weighted by atomic mass is 16.5. The summed E-state index contributed by atoms with van der Waals surface area (Å²) >= 11 is 0. The lowest BCUT2D eigenvalue weighted by atomic mass is 10.4. The van der Waals surface area contributed by atoms with Crippen molar-refractivity contribution in [3.8, 4) is 0 Å². The smallest absolute Gasteiger partial charge is 0.145 e. The predicted octanol–water partition coefficient (Wildman–Crippen LogP) is -0.0699. The van der Waals surface area contributed by atoms with Gasteiger partial charge in [0, 0.05) is 0 Å². The lowest BCUT2D eigenvalue weighted by Gasteiger charge is -2.04. The van der Waals surface area contributed by atoms with Gasteiger partial charge in [0.25, 0.3) is 0 Å². The molecule has 0 aliphatic rings. The molecule has 0 aliphatic heterocycles. The van der Waals surface area contributed by atoms with E-state index in [1.807, 2.05) is 0 Å². The lowest BCUT2D eigenvalue weighted by molar-refractivity contribution is -0.111. The Balaban J connectivity index is 0. The summed E-state index contributed by atoms with van der Waals surface area (Å²) in [6.45, 7) is 7.77. The van der Waals surface area contributed by atoms with Crippen LogP contribution < -0.4 is 0 Å². The molecule has 0 saturated heterocycles. The van der Waals surface area contributed by atoms with Crippen LogP contribution in [0.2, 0.25) is 0 Å². The second-order valence-corrected chi connectivity index (χ2v) is 2.66. The topological polar surface area (TPSA) is 76.0 Å². The Bertz CT molecular complexity index is 162. The zero-order valence-electron chi connectivity index (χ0n) is 9.38. The third-order valence-electron chi connectivity index (χ3n) is 1.18. The first-order valence-electron chi connectivity index (χ1n) is 4.82. The van der Waals surface area contributed by atoms with Crippen molar-refractivity contribution >= 4 is 6.29 Å². The number of rotatable bonds is 9. The van der Waals surface area contributed by atoms with Gasteiger partial charge in [0.05, 0.1) is 26.4 Å². The molecule has 0 amide bonds. The molecule has 0 aromatic carbocycles. The van der Waals surface area contributed by atoms with E-state index in [-0.39, 0.29) is 19.8 Å². The fourth-order valence-corrected chi connectivity index (χ4v) is 0.540. The van der Waals surface area contributed by atoms with E-state index >= 15 is 0 Å². The zero-order valence-corrected chi connectivity index (χ0v) is 9.38. The third-order valence-corrected chi connectivity index (χ3v) is 1.18. The monoisotopic (exact) mass is 232 g/mol. The highest BCUT2D eigenvalue weighted by molar-refractivity contribution is 5.50. The fourth-order valence-electron chi connectivity index (χ4n) is 0.540. The molecular weight excluding hydrogens is 212 g/mol. The van der Waals surface area contributed by atoms with Crippen molar-refractivity contribution in [3.63, 3.8) is 0 Å². The van der Waals surface area contributed by atoms with Crippen LogP contribution in [0.5, 0.6) is 0 Å². The molecule has 16 heavy (non-hydrogen) atoms. The summed E-state index contributed by atoms with van der Waals surface area (Å²) < 4.78 is 9.45. The summed E-state index contributed by atoms with van der Waals surface area (Å²) in [6, 6.07) is 0. The van der Waals surface area contributed by atoms with Gasteiger partial charge in [0.2, 0.25) is 0 Å². The Morgan fingerprint density at radius 1 is 1.12 bits per heavy atom. The summed E-state index contributed by atoms with van der Waals surface area (Å²) in [6.07, 6.45) is 3.14. The van der Waals surface area contributed by atoms with Crippen LogP contribution >= 0.6 is 0 Å². The quantitative estimate of drug-likeness (QED) is 0.330. The van der Waals surface area contributed by atoms with Gasteiger partial charge in [0.15, 0.2) is 0 Å². The highest BCUT2D eigenvalue weighted by Gasteiger charge is 1.98. The maximum absolute atomic E-state index is 9.52. The first-order chi connectivity index (χ1) is 7.72. The summed E-state index contributed by atoms with van der Waals surface area (Å²) in [7, 11) is 0. The Labute approximate surface area is 96.0 Å². The molecule has 5 nitrogen and oxygen atoms in total. The molecule has 0 aromatic rings. The third kappa shape index (κ3) is 18.7. The minimum absolute atomic E-state index is 0.169. The molecular formula is C11H20O5. The zero-order chi connectivity index (χ0) is 12.6. The fraction of sp³-hybridized carbons (Fsp3) is 0.545. The minimum atomic E-state index is -0.759. The van der Waals surface area contributed by atoms with Crippen LogP contribution in [0.25, 0.3) is 0 Å². The SMILES string of the molecule is C=CCOCC(O)CO.C=CCOCC=O. The van der Waals surface area contributed by atoms with Crippen molar-refractivity contribution in [1.82, 2.24) is 0 Å². The summed E-state index contributed by atoms with van der Waals surface area (Å²) in [5.74, 6) is 0. The molecule has 0 spiro atoms. The van der Waals surface area contributed by atoms with E-state index < -0.39 is 6.10 Å². The Kier molecular flexibility index (Phi) is 17.8. The van der Waals surface area contributed by atoms with E-state index in [0.29, 0.717) is 19.5 Å². The van der Waals surface area contributed by atoms with Crippen LogP contribution in [-0.4, -0.2) is 55.6 Å². The standard InChI is InChI=1S/C6H12O3.C5H8O2/c1-2-3-9-5-6(8)4-7;1-2-4-7-5-3-6/h2,6-8H,1,3-5H2;2-3H,1,4-5H2. The maximum atomic E-state index is 9.52. The van der Waals surface area contributed by atoms with Crippen LogP contribution in [0, 0.1) is 0 Å². The van der Waals surface area contributed by atoms with Gasteiger partial charge in [-0.3, -0.25) is 0 Å². The number of aldehydes is 1. The van der Waals surface area contributed by atoms with E-state index in [4.69, 9.17) is 14.9 Å². The molecule has 0 saturated carbocycles. The number of hydrogen-bond acceptors (Lipinski definition) is 5. The van der Waals surface area contributed by atoms with Crippen molar-refractivity contribution in [3.05, 3.63) is 25.3 Å². The number of aliphatic hydroxyl groups is 2. The molecule has 0 rings (SSSR count). The first-order valence-corrected chi connectivity index (χ1v) is 4.82. The molecule has 0 heterocycles. The van der Waals surface area contributed by atoms with Crippen molar-refractivity contribution in [2.45, 2.75) is 6.10 Å². The molecule has 2 N–H and O–H groups in total. The Morgan fingerprint density at radius 2 is 1.69 bits per heavy atom. The van der Waals surface area contributed by atoms with Crippen LogP contribution in [0.1, 0.15) is 0 Å². The van der Waals surface area contributed by atoms with E-state index in [9.17, 15) is 4.79 Å². The van der Waals surface area contributed by atoms with E-state index in [1.54, 1.807) is 12.2 Å². The largest absolute Gasteiger partial charge is 0.394 e. The average molecular weight is 232 g/mol. The van der Waals surface area contributed by atoms with E-state index in [0.717, 1.165) is 0 Å². The average Bonchev–Trinajstić information content (AvgIpc) is 2.31. The van der Waals surface area contributed by atoms with Gasteiger partial charge in [-0.1, -0.05) is 12.2 Å². The predicted molar refractivity (Wildman–Crippen MR) is 61.2 cm³/mol. The minimum Gasteiger partial charge on any atom is -0.394 e. The van der Waals surface area contributed by atoms with Crippen molar-refractivity contribution < 1.29 is 24.5 Å². The van der Waals surface area contributed by atoms with Crippen LogP contribution in [0.3, 0.4) is 0 Å². The van der Waals surface area contributed by atoms with Crippen molar-refractivity contribution in [2.75, 3.05) is 33.0 Å². The van der Waals surface area contributed by atoms with Crippen LogP contribution in [0.15, 0.2) is 25.3 Å². The molecule has 94 valence electrons. The van der Waals surface area contributed by atoms with Gasteiger partial charge in [-0.15, -0.1) is 13.2 Å². The lowest BCUT2D eigenvalue weighted by Crippen LogP contribution is -2.19. The van der Waals surface area contributed by atoms with Gasteiger partial charge in [0.1, 0.15) is 19.0 Å². The molecule has 5 heteroatoms. The molecule has 1 unspecified atom stereocenters. The van der Waals surface area contributed by atoms with Crippen molar-refractivity contribution in [1.29, 1.82) is 0 Å². The van der Waals surface area contributed by atoms with Crippen LogP contribution in [0.4, 0.5) is 0 Å². The molecule has 0 radical (unpaired) electrons. The summed E-state index contributed by atoms with van der Waals surface area (Å²) in [4.78, 5) is 9.52. The maximum Gasteiger partial charge on any atom is 0.145 e. The highest BCUT2D eigenvalue weighted by Crippen LogP contribution is 1.82. The van der Waals surface area contributed by atoms with E-state index in [1.165, 1.54) is 0 Å². The number of ether oxygens (including phenoxy) is 2. The molecule has 1 atom stereocenters. The molecule has 0 aliphatic carbocycles. The summed E-state index contributed by atoms with van der Waals surface area (Å²) in [5, 5.41) is 17.0. The van der Waals surface area contributed by atoms with Gasteiger partial charge in [-0.25, -0.2) is 0 Å². The number of hydrogen-bond donors (Lipinski definition) is 2. The Hall–Kier alpha value is -1.01. The van der Waals surface area contributed by atoms with Gasteiger partial charge < -0.3 is 24.5 Å². The molecule has 0 bridgehead atoms. The number of carbonyl (C=O) groups excluding carboxylic acids is 1.